The summed E-state index contributed by atoms with van der Waals surface area (Å²) in [4.78, 5) is 18.6. The van der Waals surface area contributed by atoms with Crippen LogP contribution in [0.3, 0.4) is 0 Å². The summed E-state index contributed by atoms with van der Waals surface area (Å²) < 4.78 is 34.0. The third-order valence-electron chi connectivity index (χ3n) is 6.62. The van der Waals surface area contributed by atoms with E-state index in [1.165, 1.54) is 30.6 Å². The number of hydrogen-bond acceptors (Lipinski definition) is 6. The summed E-state index contributed by atoms with van der Waals surface area (Å²) in [6.45, 7) is 6.53. The minimum atomic E-state index is -3.94. The fraction of sp³-hybridized carbons (Fsp3) is 0.615. The molecule has 1 saturated heterocycles. The first-order valence-corrected chi connectivity index (χ1v) is 15.9. The number of aromatic nitrogens is 1. The summed E-state index contributed by atoms with van der Waals surface area (Å²) in [6, 6.07) is 3.30. The van der Waals surface area contributed by atoms with Crippen LogP contribution >= 0.6 is 34.5 Å². The Bertz CT molecular complexity index is 1210. The van der Waals surface area contributed by atoms with E-state index >= 15 is 0 Å². The number of amides is 1. The normalized spacial score (nSPS) is 18.2. The zero-order valence-corrected chi connectivity index (χ0v) is 24.7. The van der Waals surface area contributed by atoms with Gasteiger partial charge in [0.2, 0.25) is 10.0 Å². The molecule has 0 unspecified atom stereocenters. The molecule has 1 saturated carbocycles. The molecule has 2 N–H and O–H groups in total. The van der Waals surface area contributed by atoms with Crippen molar-refractivity contribution in [3.63, 3.8) is 0 Å². The standard InChI is InChI=1S/C26H35Cl2N3O4S2/c1-26(2,3)31-37(33,34)23-19(27)14-17(15-20(23)28)22-21(13-16-7-5-4-6-8-16)30-25(36-22)24(32)29-18-9-11-35-12-10-18/h14-16,18,31H,4-13H2,1-3H3,(H,29,32). The molecule has 1 aliphatic carbocycles. The lowest BCUT2D eigenvalue weighted by Crippen LogP contribution is -2.40. The molecule has 1 aromatic heterocycles. The number of carbonyl (C=O) groups excluding carboxylic acids is 1. The minimum absolute atomic E-state index is 0.0319. The maximum Gasteiger partial charge on any atom is 0.280 e. The third kappa shape index (κ3) is 7.46. The molecule has 2 aliphatic rings. The molecular weight excluding hydrogens is 553 g/mol. The topological polar surface area (TPSA) is 97.4 Å². The highest BCUT2D eigenvalue weighted by Gasteiger charge is 2.29. The van der Waals surface area contributed by atoms with E-state index in [0.717, 1.165) is 42.7 Å². The Labute approximate surface area is 233 Å². The molecule has 1 amide bonds. The summed E-state index contributed by atoms with van der Waals surface area (Å²) in [5, 5.41) is 3.55. The van der Waals surface area contributed by atoms with Gasteiger partial charge in [0, 0.05) is 24.8 Å². The Morgan fingerprint density at radius 2 is 1.70 bits per heavy atom. The number of rotatable bonds is 7. The van der Waals surface area contributed by atoms with Crippen molar-refractivity contribution in [3.05, 3.63) is 32.9 Å². The van der Waals surface area contributed by atoms with E-state index in [2.05, 4.69) is 10.0 Å². The summed E-state index contributed by atoms with van der Waals surface area (Å²) in [5.41, 5.74) is 0.810. The Hall–Kier alpha value is -1.23. The lowest BCUT2D eigenvalue weighted by molar-refractivity contribution is 0.0696. The minimum Gasteiger partial charge on any atom is -0.381 e. The van der Waals surface area contributed by atoms with Crippen LogP contribution in [0.1, 0.15) is 81.2 Å². The molecule has 1 aromatic carbocycles. The van der Waals surface area contributed by atoms with Gasteiger partial charge in [0.1, 0.15) is 4.90 Å². The highest BCUT2D eigenvalue weighted by Crippen LogP contribution is 2.40. The van der Waals surface area contributed by atoms with Crippen molar-refractivity contribution in [2.24, 2.45) is 5.92 Å². The lowest BCUT2D eigenvalue weighted by atomic mass is 9.85. The number of carbonyl (C=O) groups is 1. The monoisotopic (exact) mass is 587 g/mol. The van der Waals surface area contributed by atoms with Crippen LogP contribution in [0.5, 0.6) is 0 Å². The van der Waals surface area contributed by atoms with E-state index in [9.17, 15) is 13.2 Å². The first-order chi connectivity index (χ1) is 17.4. The second-order valence-corrected chi connectivity index (χ2v) is 14.4. The van der Waals surface area contributed by atoms with Crippen molar-refractivity contribution in [2.45, 2.75) is 88.6 Å². The molecule has 2 heterocycles. The van der Waals surface area contributed by atoms with Gasteiger partial charge in [-0.05, 0) is 63.6 Å². The predicted octanol–water partition coefficient (Wildman–Crippen LogP) is 6.23. The summed E-state index contributed by atoms with van der Waals surface area (Å²) >= 11 is 14.4. The van der Waals surface area contributed by atoms with Crippen molar-refractivity contribution in [1.82, 2.24) is 15.0 Å². The van der Waals surface area contributed by atoms with Crippen molar-refractivity contribution in [2.75, 3.05) is 13.2 Å². The number of nitrogens with one attached hydrogen (secondary N) is 2. The SMILES string of the molecule is CC(C)(C)NS(=O)(=O)c1c(Cl)cc(-c2sc(C(=O)NC3CCOCC3)nc2CC2CCCCC2)cc1Cl. The third-order valence-corrected chi connectivity index (χ3v) is 10.4. The maximum absolute atomic E-state index is 13.1. The average molecular weight is 589 g/mol. The number of benzene rings is 1. The smallest absolute Gasteiger partial charge is 0.280 e. The maximum atomic E-state index is 13.1. The summed E-state index contributed by atoms with van der Waals surface area (Å²) in [7, 11) is -3.94. The van der Waals surface area contributed by atoms with Gasteiger partial charge < -0.3 is 10.1 Å². The Kier molecular flexibility index (Phi) is 9.24. The van der Waals surface area contributed by atoms with Crippen LogP contribution in [-0.2, 0) is 21.2 Å². The zero-order valence-electron chi connectivity index (χ0n) is 21.5. The molecule has 11 heteroatoms. The highest BCUT2D eigenvalue weighted by atomic mass is 35.5. The van der Waals surface area contributed by atoms with Gasteiger partial charge in [0.05, 0.1) is 20.6 Å². The van der Waals surface area contributed by atoms with Gasteiger partial charge in [-0.1, -0.05) is 55.3 Å². The molecule has 2 fully saturated rings. The van der Waals surface area contributed by atoms with Crippen molar-refractivity contribution >= 4 is 50.5 Å². The number of nitrogens with zero attached hydrogens (tertiary/aromatic N) is 1. The number of hydrogen-bond donors (Lipinski definition) is 2. The Balaban J connectivity index is 1.68. The van der Waals surface area contributed by atoms with Crippen LogP contribution in [0, 0.1) is 5.92 Å². The van der Waals surface area contributed by atoms with E-state index < -0.39 is 15.6 Å². The lowest BCUT2D eigenvalue weighted by Gasteiger charge is -2.22. The van der Waals surface area contributed by atoms with Crippen LogP contribution in [0.25, 0.3) is 10.4 Å². The molecule has 0 bridgehead atoms. The van der Waals surface area contributed by atoms with Crippen molar-refractivity contribution in [3.8, 4) is 10.4 Å². The summed E-state index contributed by atoms with van der Waals surface area (Å²) in [6.07, 6.45) is 8.25. The fourth-order valence-electron chi connectivity index (χ4n) is 4.97. The molecule has 37 heavy (non-hydrogen) atoms. The van der Waals surface area contributed by atoms with Gasteiger partial charge in [0.25, 0.3) is 5.91 Å². The van der Waals surface area contributed by atoms with E-state index in [0.29, 0.717) is 29.7 Å². The first kappa shape index (κ1) is 28.8. The van der Waals surface area contributed by atoms with Crippen molar-refractivity contribution in [1.29, 1.82) is 0 Å². The number of sulfonamides is 1. The summed E-state index contributed by atoms with van der Waals surface area (Å²) in [5.74, 6) is 0.307. The number of ether oxygens (including phenoxy) is 1. The molecular formula is C26H35Cl2N3O4S2. The highest BCUT2D eigenvalue weighted by molar-refractivity contribution is 7.89. The van der Waals surface area contributed by atoms with Gasteiger partial charge in [-0.25, -0.2) is 18.1 Å². The van der Waals surface area contributed by atoms with Gasteiger partial charge in [-0.15, -0.1) is 11.3 Å². The molecule has 0 atom stereocenters. The molecule has 204 valence electrons. The van der Waals surface area contributed by atoms with E-state index in [4.69, 9.17) is 32.9 Å². The predicted molar refractivity (Wildman–Crippen MR) is 149 cm³/mol. The number of halogens is 2. The van der Waals surface area contributed by atoms with Crippen LogP contribution in [0.4, 0.5) is 0 Å². The fourth-order valence-corrected chi connectivity index (χ4v) is 8.59. The second-order valence-electron chi connectivity index (χ2n) is 11.0. The van der Waals surface area contributed by atoms with Crippen molar-refractivity contribution < 1.29 is 17.9 Å². The van der Waals surface area contributed by atoms with Crippen LogP contribution in [-0.4, -0.2) is 44.1 Å². The molecule has 0 radical (unpaired) electrons. The van der Waals surface area contributed by atoms with Crippen LogP contribution in [0.15, 0.2) is 17.0 Å². The van der Waals surface area contributed by atoms with E-state index in [1.807, 2.05) is 0 Å². The quantitative estimate of drug-likeness (QED) is 0.400. The van der Waals surface area contributed by atoms with Gasteiger partial charge in [0.15, 0.2) is 5.01 Å². The number of thiazole rings is 1. The van der Waals surface area contributed by atoms with Gasteiger partial charge in [-0.3, -0.25) is 4.79 Å². The molecule has 7 nitrogen and oxygen atoms in total. The Morgan fingerprint density at radius 1 is 1.08 bits per heavy atom. The second kappa shape index (κ2) is 11.9. The van der Waals surface area contributed by atoms with Gasteiger partial charge >= 0.3 is 0 Å². The zero-order chi connectivity index (χ0) is 26.8. The average Bonchev–Trinajstić information content (AvgIpc) is 3.22. The molecule has 0 spiro atoms. The largest absolute Gasteiger partial charge is 0.381 e. The van der Waals surface area contributed by atoms with E-state index in [-0.39, 0.29) is 26.9 Å². The molecule has 2 aromatic rings. The van der Waals surface area contributed by atoms with Crippen LogP contribution < -0.4 is 10.0 Å². The molecule has 1 aliphatic heterocycles. The van der Waals surface area contributed by atoms with E-state index in [1.54, 1.807) is 32.9 Å². The van der Waals surface area contributed by atoms with Crippen LogP contribution in [0.2, 0.25) is 10.0 Å². The molecule has 4 rings (SSSR count). The Morgan fingerprint density at radius 3 is 2.30 bits per heavy atom. The van der Waals surface area contributed by atoms with Gasteiger partial charge in [-0.2, -0.15) is 0 Å². The first-order valence-electron chi connectivity index (χ1n) is 12.8.